The van der Waals surface area contributed by atoms with Gasteiger partial charge in [0.05, 0.1) is 13.2 Å². The molecule has 0 bridgehead atoms. The van der Waals surface area contributed by atoms with E-state index in [1.165, 1.54) is 15.3 Å². The van der Waals surface area contributed by atoms with Crippen molar-refractivity contribution in [3.8, 4) is 0 Å². The van der Waals surface area contributed by atoms with E-state index >= 15 is 0 Å². The van der Waals surface area contributed by atoms with E-state index in [0.717, 1.165) is 11.0 Å². The summed E-state index contributed by atoms with van der Waals surface area (Å²) in [5, 5.41) is 3.15. The number of thiophene rings is 1. The van der Waals surface area contributed by atoms with Crippen LogP contribution in [0.5, 0.6) is 0 Å². The number of hydrogen-bond donors (Lipinski definition) is 1. The molecular formula is C14H16BrNOS. The van der Waals surface area contributed by atoms with Crippen LogP contribution < -0.4 is 5.32 Å². The highest BCUT2D eigenvalue weighted by molar-refractivity contribution is 9.10. The Morgan fingerprint density at radius 3 is 2.50 bits per heavy atom. The van der Waals surface area contributed by atoms with Crippen molar-refractivity contribution in [1.82, 2.24) is 5.32 Å². The third-order valence-corrected chi connectivity index (χ3v) is 4.08. The molecule has 4 heteroatoms. The molecule has 0 radical (unpaired) electrons. The van der Waals surface area contributed by atoms with Gasteiger partial charge >= 0.3 is 0 Å². The molecule has 0 aliphatic carbocycles. The summed E-state index contributed by atoms with van der Waals surface area (Å²) >= 11 is 5.22. The van der Waals surface area contributed by atoms with Gasteiger partial charge in [0.1, 0.15) is 0 Å². The van der Waals surface area contributed by atoms with Gasteiger partial charge in [0.25, 0.3) is 0 Å². The summed E-state index contributed by atoms with van der Waals surface area (Å²) in [6.07, 6.45) is 0. The van der Waals surface area contributed by atoms with Gasteiger partial charge in [0.15, 0.2) is 0 Å². The van der Waals surface area contributed by atoms with Gasteiger partial charge in [-0.2, -0.15) is 0 Å². The highest BCUT2D eigenvalue weighted by atomic mass is 79.9. The van der Waals surface area contributed by atoms with Gasteiger partial charge < -0.3 is 10.1 Å². The lowest BCUT2D eigenvalue weighted by molar-refractivity contribution is 0.109. The lowest BCUT2D eigenvalue weighted by atomic mass is 10.2. The molecule has 1 heterocycles. The van der Waals surface area contributed by atoms with Gasteiger partial charge in [-0.25, -0.2) is 0 Å². The predicted octanol–water partition coefficient (Wildman–Crippen LogP) is 3.95. The van der Waals surface area contributed by atoms with E-state index in [9.17, 15) is 0 Å². The smallest absolute Gasteiger partial charge is 0.0814 e. The predicted molar refractivity (Wildman–Crippen MR) is 79.7 cm³/mol. The van der Waals surface area contributed by atoms with Crippen LogP contribution in [0.3, 0.4) is 0 Å². The normalized spacial score (nSPS) is 10.8. The maximum Gasteiger partial charge on any atom is 0.0814 e. The van der Waals surface area contributed by atoms with E-state index in [4.69, 9.17) is 4.74 Å². The Morgan fingerprint density at radius 1 is 1.06 bits per heavy atom. The Morgan fingerprint density at radius 2 is 1.78 bits per heavy atom. The molecule has 0 fully saturated rings. The number of ether oxygens (including phenoxy) is 1. The second-order valence-corrected chi connectivity index (χ2v) is 6.19. The zero-order valence-corrected chi connectivity index (χ0v) is 12.7. The lowest BCUT2D eigenvalue weighted by Crippen LogP contribution is -2.02. The first kappa shape index (κ1) is 13.7. The quantitative estimate of drug-likeness (QED) is 0.868. The molecule has 0 saturated heterocycles. The molecule has 2 aromatic rings. The van der Waals surface area contributed by atoms with E-state index in [1.807, 2.05) is 19.2 Å². The molecule has 2 rings (SSSR count). The molecule has 0 unspecified atom stereocenters. The molecule has 2 nitrogen and oxygen atoms in total. The van der Waals surface area contributed by atoms with E-state index < -0.39 is 0 Å². The Labute approximate surface area is 120 Å². The van der Waals surface area contributed by atoms with Gasteiger partial charge in [-0.15, -0.1) is 11.3 Å². The Bertz CT molecular complexity index is 481. The molecule has 0 amide bonds. The van der Waals surface area contributed by atoms with Crippen molar-refractivity contribution in [1.29, 1.82) is 0 Å². The van der Waals surface area contributed by atoms with Crippen LogP contribution in [-0.2, 0) is 24.5 Å². The zero-order valence-electron chi connectivity index (χ0n) is 10.3. The summed E-state index contributed by atoms with van der Waals surface area (Å²) in [5.41, 5.74) is 1.20. The molecule has 0 saturated carbocycles. The highest BCUT2D eigenvalue weighted by Gasteiger charge is 2.00. The Balaban J connectivity index is 1.79. The van der Waals surface area contributed by atoms with E-state index in [0.29, 0.717) is 13.2 Å². The molecule has 0 atom stereocenters. The summed E-state index contributed by atoms with van der Waals surface area (Å²) in [6, 6.07) is 12.5. The molecule has 18 heavy (non-hydrogen) atoms. The zero-order chi connectivity index (χ0) is 12.8. The van der Waals surface area contributed by atoms with Crippen molar-refractivity contribution in [2.75, 3.05) is 7.05 Å². The van der Waals surface area contributed by atoms with Crippen molar-refractivity contribution < 1.29 is 4.74 Å². The molecular weight excluding hydrogens is 310 g/mol. The van der Waals surface area contributed by atoms with Crippen LogP contribution in [0, 0.1) is 0 Å². The van der Waals surface area contributed by atoms with Gasteiger partial charge in [0, 0.05) is 20.8 Å². The van der Waals surface area contributed by atoms with Crippen LogP contribution in [0.15, 0.2) is 40.9 Å². The van der Waals surface area contributed by atoms with Gasteiger partial charge in [-0.05, 0) is 36.9 Å². The van der Waals surface area contributed by atoms with Crippen LogP contribution >= 0.6 is 27.3 Å². The summed E-state index contributed by atoms with van der Waals surface area (Å²) in [4.78, 5) is 2.62. The maximum atomic E-state index is 5.71. The fourth-order valence-electron chi connectivity index (χ4n) is 1.62. The topological polar surface area (TPSA) is 21.3 Å². The van der Waals surface area contributed by atoms with Crippen molar-refractivity contribution >= 4 is 27.3 Å². The SMILES string of the molecule is CNCc1ccc(COCc2ccc(Br)cc2)s1. The second-order valence-electron chi connectivity index (χ2n) is 4.02. The third kappa shape index (κ3) is 4.21. The van der Waals surface area contributed by atoms with Gasteiger partial charge in [0.2, 0.25) is 0 Å². The first-order valence-corrected chi connectivity index (χ1v) is 7.43. The van der Waals surface area contributed by atoms with Crippen LogP contribution in [0.1, 0.15) is 15.3 Å². The van der Waals surface area contributed by atoms with Crippen LogP contribution in [0.25, 0.3) is 0 Å². The summed E-state index contributed by atoms with van der Waals surface area (Å²) in [5.74, 6) is 0. The summed E-state index contributed by atoms with van der Waals surface area (Å²) in [6.45, 7) is 2.27. The number of rotatable bonds is 6. The number of benzene rings is 1. The number of hydrogen-bond acceptors (Lipinski definition) is 3. The van der Waals surface area contributed by atoms with E-state index in [2.05, 4.69) is 45.5 Å². The average Bonchev–Trinajstić information content (AvgIpc) is 2.80. The Hall–Kier alpha value is -0.680. The summed E-state index contributed by atoms with van der Waals surface area (Å²) in [7, 11) is 1.96. The second kappa shape index (κ2) is 7.04. The fourth-order valence-corrected chi connectivity index (χ4v) is 2.85. The average molecular weight is 326 g/mol. The molecule has 0 spiro atoms. The highest BCUT2D eigenvalue weighted by Crippen LogP contribution is 2.18. The minimum atomic E-state index is 0.659. The lowest BCUT2D eigenvalue weighted by Gasteiger charge is -2.03. The van der Waals surface area contributed by atoms with Crippen LogP contribution in [0.4, 0.5) is 0 Å². The fraction of sp³-hybridized carbons (Fsp3) is 0.286. The number of halogens is 1. The number of nitrogens with one attached hydrogen (secondary N) is 1. The van der Waals surface area contributed by atoms with Crippen LogP contribution in [0.2, 0.25) is 0 Å². The monoisotopic (exact) mass is 325 g/mol. The molecule has 0 aliphatic heterocycles. The van der Waals surface area contributed by atoms with Crippen molar-refractivity contribution in [2.45, 2.75) is 19.8 Å². The van der Waals surface area contributed by atoms with Crippen molar-refractivity contribution in [3.05, 3.63) is 56.2 Å². The van der Waals surface area contributed by atoms with Gasteiger partial charge in [-0.1, -0.05) is 28.1 Å². The standard InChI is InChI=1S/C14H16BrNOS/c1-16-8-13-6-7-14(18-13)10-17-9-11-2-4-12(15)5-3-11/h2-7,16H,8-10H2,1H3. The largest absolute Gasteiger partial charge is 0.371 e. The molecule has 0 aliphatic rings. The van der Waals surface area contributed by atoms with E-state index in [1.54, 1.807) is 11.3 Å². The first-order chi connectivity index (χ1) is 8.78. The molecule has 1 aromatic carbocycles. The molecule has 96 valence electrons. The molecule has 1 N–H and O–H groups in total. The summed E-state index contributed by atoms with van der Waals surface area (Å²) < 4.78 is 6.81. The maximum absolute atomic E-state index is 5.71. The van der Waals surface area contributed by atoms with Gasteiger partial charge in [-0.3, -0.25) is 0 Å². The van der Waals surface area contributed by atoms with Crippen LogP contribution in [-0.4, -0.2) is 7.05 Å². The van der Waals surface area contributed by atoms with Crippen molar-refractivity contribution in [2.24, 2.45) is 0 Å². The van der Waals surface area contributed by atoms with E-state index in [-0.39, 0.29) is 0 Å². The van der Waals surface area contributed by atoms with Crippen molar-refractivity contribution in [3.63, 3.8) is 0 Å². The minimum absolute atomic E-state index is 0.659. The first-order valence-electron chi connectivity index (χ1n) is 5.82. The third-order valence-electron chi connectivity index (χ3n) is 2.49. The Kier molecular flexibility index (Phi) is 5.38. The minimum Gasteiger partial charge on any atom is -0.371 e. The molecule has 1 aromatic heterocycles.